The van der Waals surface area contributed by atoms with E-state index in [1.165, 1.54) is 12.1 Å². The highest BCUT2D eigenvalue weighted by Gasteiger charge is 2.10. The quantitative estimate of drug-likeness (QED) is 0.793. The lowest BCUT2D eigenvalue weighted by Crippen LogP contribution is -2.13. The number of hydrogen-bond donors (Lipinski definition) is 2. The molecule has 18 heavy (non-hydrogen) atoms. The Labute approximate surface area is 110 Å². The highest BCUT2D eigenvalue weighted by atomic mass is 32.1. The zero-order valence-electron chi connectivity index (χ0n) is 9.77. The first-order valence-corrected chi connectivity index (χ1v) is 5.88. The molecule has 0 aliphatic heterocycles. The first-order valence-electron chi connectivity index (χ1n) is 5.43. The molecule has 92 valence electrons. The van der Waals surface area contributed by atoms with Crippen LogP contribution in [0.1, 0.15) is 15.9 Å². The van der Waals surface area contributed by atoms with Crippen LogP contribution in [0.15, 0.2) is 47.4 Å². The molecule has 0 aliphatic rings. The van der Waals surface area contributed by atoms with Crippen molar-refractivity contribution in [2.24, 2.45) is 0 Å². The monoisotopic (exact) mass is 261 g/mol. The maximum absolute atomic E-state index is 12.9. The first kappa shape index (κ1) is 12.6. The van der Waals surface area contributed by atoms with Gasteiger partial charge in [0.25, 0.3) is 5.91 Å². The van der Waals surface area contributed by atoms with Gasteiger partial charge in [-0.3, -0.25) is 4.79 Å². The average Bonchev–Trinajstić information content (AvgIpc) is 2.33. The van der Waals surface area contributed by atoms with Gasteiger partial charge in [-0.2, -0.15) is 0 Å². The van der Waals surface area contributed by atoms with Gasteiger partial charge in [0, 0.05) is 10.6 Å². The van der Waals surface area contributed by atoms with Gasteiger partial charge in [-0.05, 0) is 42.8 Å². The van der Waals surface area contributed by atoms with Gasteiger partial charge in [0.15, 0.2) is 0 Å². The second-order valence-corrected chi connectivity index (χ2v) is 4.41. The number of anilines is 1. The molecule has 2 aromatic carbocycles. The van der Waals surface area contributed by atoms with Crippen LogP contribution in [-0.4, -0.2) is 5.91 Å². The topological polar surface area (TPSA) is 29.1 Å². The number of hydrogen-bond acceptors (Lipinski definition) is 2. The molecule has 0 aliphatic carbocycles. The van der Waals surface area contributed by atoms with Crippen molar-refractivity contribution in [2.75, 3.05) is 5.32 Å². The molecule has 0 saturated carbocycles. The minimum absolute atomic E-state index is 0.254. The van der Waals surface area contributed by atoms with Gasteiger partial charge in [-0.25, -0.2) is 4.39 Å². The lowest BCUT2D eigenvalue weighted by atomic mass is 10.1. The number of rotatable bonds is 2. The molecule has 0 bridgehead atoms. The van der Waals surface area contributed by atoms with E-state index < -0.39 is 0 Å². The van der Waals surface area contributed by atoms with E-state index in [9.17, 15) is 9.18 Å². The molecule has 0 unspecified atom stereocenters. The van der Waals surface area contributed by atoms with Gasteiger partial charge in [-0.15, -0.1) is 12.6 Å². The molecule has 0 atom stereocenters. The number of halogens is 1. The van der Waals surface area contributed by atoms with E-state index in [0.717, 1.165) is 0 Å². The van der Waals surface area contributed by atoms with Gasteiger partial charge in [0.1, 0.15) is 5.82 Å². The smallest absolute Gasteiger partial charge is 0.256 e. The Balaban J connectivity index is 2.24. The Bertz CT molecular complexity index is 598. The highest BCUT2D eigenvalue weighted by Crippen LogP contribution is 2.19. The van der Waals surface area contributed by atoms with Crippen LogP contribution in [-0.2, 0) is 0 Å². The van der Waals surface area contributed by atoms with Crippen molar-refractivity contribution >= 4 is 24.2 Å². The lowest BCUT2D eigenvalue weighted by molar-refractivity contribution is 0.102. The van der Waals surface area contributed by atoms with Gasteiger partial charge in [0.05, 0.1) is 5.56 Å². The second-order valence-electron chi connectivity index (χ2n) is 3.93. The molecule has 0 saturated heterocycles. The standard InChI is InChI=1S/C14H12FNOS/c1-9-8-10(15)6-7-12(9)16-14(17)11-4-2-3-5-13(11)18/h2-8,18H,1H3,(H,16,17). The van der Waals surface area contributed by atoms with Crippen molar-refractivity contribution in [2.45, 2.75) is 11.8 Å². The van der Waals surface area contributed by atoms with Crippen LogP contribution in [0.2, 0.25) is 0 Å². The zero-order chi connectivity index (χ0) is 13.1. The van der Waals surface area contributed by atoms with Gasteiger partial charge in [-0.1, -0.05) is 12.1 Å². The summed E-state index contributed by atoms with van der Waals surface area (Å²) in [5, 5.41) is 2.74. The van der Waals surface area contributed by atoms with Crippen molar-refractivity contribution in [3.8, 4) is 0 Å². The molecule has 0 spiro atoms. The van der Waals surface area contributed by atoms with Gasteiger partial charge in [0.2, 0.25) is 0 Å². The molecular weight excluding hydrogens is 249 g/mol. The molecule has 4 heteroatoms. The van der Waals surface area contributed by atoms with Crippen molar-refractivity contribution in [3.63, 3.8) is 0 Å². The maximum Gasteiger partial charge on any atom is 0.256 e. The van der Waals surface area contributed by atoms with Crippen molar-refractivity contribution in [3.05, 3.63) is 59.4 Å². The fourth-order valence-corrected chi connectivity index (χ4v) is 1.88. The van der Waals surface area contributed by atoms with Crippen molar-refractivity contribution in [1.29, 1.82) is 0 Å². The predicted molar refractivity (Wildman–Crippen MR) is 72.8 cm³/mol. The summed E-state index contributed by atoms with van der Waals surface area (Å²) in [4.78, 5) is 12.6. The fourth-order valence-electron chi connectivity index (χ4n) is 1.62. The van der Waals surface area contributed by atoms with E-state index in [-0.39, 0.29) is 11.7 Å². The SMILES string of the molecule is Cc1cc(F)ccc1NC(=O)c1ccccc1S. The molecule has 2 aromatic rings. The van der Waals surface area contributed by atoms with E-state index in [4.69, 9.17) is 0 Å². The normalized spacial score (nSPS) is 10.2. The summed E-state index contributed by atoms with van der Waals surface area (Å²) in [5.41, 5.74) is 1.77. The van der Waals surface area contributed by atoms with E-state index in [1.807, 2.05) is 6.07 Å². The van der Waals surface area contributed by atoms with Crippen LogP contribution in [0.25, 0.3) is 0 Å². The summed E-state index contributed by atoms with van der Waals surface area (Å²) in [7, 11) is 0. The van der Waals surface area contributed by atoms with E-state index in [1.54, 1.807) is 31.2 Å². The average molecular weight is 261 g/mol. The minimum Gasteiger partial charge on any atom is -0.322 e. The summed E-state index contributed by atoms with van der Waals surface area (Å²) in [5.74, 6) is -0.574. The summed E-state index contributed by atoms with van der Waals surface area (Å²) < 4.78 is 12.9. The third kappa shape index (κ3) is 2.71. The molecule has 0 radical (unpaired) electrons. The predicted octanol–water partition coefficient (Wildman–Crippen LogP) is 3.68. The molecular formula is C14H12FNOS. The molecule has 2 nitrogen and oxygen atoms in total. The summed E-state index contributed by atoms with van der Waals surface area (Å²) in [6.45, 7) is 1.74. The summed E-state index contributed by atoms with van der Waals surface area (Å²) in [6.07, 6.45) is 0. The van der Waals surface area contributed by atoms with Crippen LogP contribution in [0.3, 0.4) is 0 Å². The van der Waals surface area contributed by atoms with Crippen LogP contribution < -0.4 is 5.32 Å². The van der Waals surface area contributed by atoms with Crippen LogP contribution in [0.4, 0.5) is 10.1 Å². The van der Waals surface area contributed by atoms with E-state index in [2.05, 4.69) is 17.9 Å². The fraction of sp³-hybridized carbons (Fsp3) is 0.0714. The molecule has 0 heterocycles. The Morgan fingerprint density at radius 1 is 1.22 bits per heavy atom. The highest BCUT2D eigenvalue weighted by molar-refractivity contribution is 7.80. The largest absolute Gasteiger partial charge is 0.322 e. The number of thiol groups is 1. The summed E-state index contributed by atoms with van der Waals surface area (Å²) in [6, 6.07) is 11.3. The third-order valence-corrected chi connectivity index (χ3v) is 2.98. The molecule has 0 fully saturated rings. The molecule has 0 aromatic heterocycles. The van der Waals surface area contributed by atoms with Crippen LogP contribution >= 0.6 is 12.6 Å². The molecule has 2 rings (SSSR count). The first-order chi connectivity index (χ1) is 8.58. The number of carbonyl (C=O) groups is 1. The number of carbonyl (C=O) groups excluding carboxylic acids is 1. The Morgan fingerprint density at radius 3 is 2.61 bits per heavy atom. The Kier molecular flexibility index (Phi) is 3.67. The number of benzene rings is 2. The van der Waals surface area contributed by atoms with Crippen molar-refractivity contribution < 1.29 is 9.18 Å². The van der Waals surface area contributed by atoms with Crippen LogP contribution in [0, 0.1) is 12.7 Å². The maximum atomic E-state index is 12.9. The number of nitrogens with one attached hydrogen (secondary N) is 1. The molecule has 1 N–H and O–H groups in total. The lowest BCUT2D eigenvalue weighted by Gasteiger charge is -2.09. The zero-order valence-corrected chi connectivity index (χ0v) is 10.7. The molecule has 1 amide bonds. The Hall–Kier alpha value is -1.81. The van der Waals surface area contributed by atoms with E-state index in [0.29, 0.717) is 21.7 Å². The minimum atomic E-state index is -0.319. The van der Waals surface area contributed by atoms with Gasteiger partial charge >= 0.3 is 0 Å². The van der Waals surface area contributed by atoms with Crippen LogP contribution in [0.5, 0.6) is 0 Å². The second kappa shape index (κ2) is 5.23. The number of aryl methyl sites for hydroxylation is 1. The van der Waals surface area contributed by atoms with Crippen molar-refractivity contribution in [1.82, 2.24) is 0 Å². The van der Waals surface area contributed by atoms with E-state index >= 15 is 0 Å². The third-order valence-electron chi connectivity index (χ3n) is 2.59. The summed E-state index contributed by atoms with van der Waals surface area (Å²) >= 11 is 4.23. The van der Waals surface area contributed by atoms with Gasteiger partial charge < -0.3 is 5.32 Å². The number of amides is 1. The Morgan fingerprint density at radius 2 is 1.94 bits per heavy atom.